The summed E-state index contributed by atoms with van der Waals surface area (Å²) in [6, 6.07) is 2.71. The maximum atomic E-state index is 13.4. The Kier molecular flexibility index (Phi) is 4.03. The number of hydrogen-bond donors (Lipinski definition) is 1. The number of thioether (sulfide) groups is 1. The Hall–Kier alpha value is -1.05. The van der Waals surface area contributed by atoms with E-state index in [-0.39, 0.29) is 5.56 Å². The average Bonchev–Trinajstić information content (AvgIpc) is 2.82. The fourth-order valence-electron chi connectivity index (χ4n) is 1.28. The monoisotopic (exact) mass is 273 g/mol. The summed E-state index contributed by atoms with van der Waals surface area (Å²) < 4.78 is 31.0. The molecule has 0 fully saturated rings. The van der Waals surface area contributed by atoms with E-state index in [0.29, 0.717) is 5.75 Å². The summed E-state index contributed by atoms with van der Waals surface area (Å²) in [5, 5.41) is 0. The van der Waals surface area contributed by atoms with Crippen LogP contribution in [0, 0.1) is 11.6 Å². The standard InChI is InChI=1S/C10H9F2N3S2/c11-6-1-2-8(12)7(3-6)9(13)4-16-10-14-5-15-17-10/h1-3,5,9H,4,13H2. The molecule has 2 aromatic rings. The smallest absolute Gasteiger partial charge is 0.169 e. The van der Waals surface area contributed by atoms with Crippen molar-refractivity contribution in [2.24, 2.45) is 5.73 Å². The van der Waals surface area contributed by atoms with Gasteiger partial charge >= 0.3 is 0 Å². The number of benzene rings is 1. The third-order valence-electron chi connectivity index (χ3n) is 2.08. The van der Waals surface area contributed by atoms with Crippen LogP contribution in [0.4, 0.5) is 8.78 Å². The molecule has 0 bridgehead atoms. The molecule has 0 spiro atoms. The van der Waals surface area contributed by atoms with Crippen molar-refractivity contribution in [2.75, 3.05) is 5.75 Å². The normalized spacial score (nSPS) is 12.6. The van der Waals surface area contributed by atoms with Crippen LogP contribution in [-0.4, -0.2) is 15.1 Å². The van der Waals surface area contributed by atoms with E-state index >= 15 is 0 Å². The Morgan fingerprint density at radius 2 is 2.24 bits per heavy atom. The van der Waals surface area contributed by atoms with Crippen molar-refractivity contribution in [1.29, 1.82) is 0 Å². The SMILES string of the molecule is NC(CSc1ncns1)c1cc(F)ccc1F. The van der Waals surface area contributed by atoms with Gasteiger partial charge in [0.05, 0.1) is 0 Å². The highest BCUT2D eigenvalue weighted by atomic mass is 32.2. The van der Waals surface area contributed by atoms with Gasteiger partial charge in [0.1, 0.15) is 18.0 Å². The van der Waals surface area contributed by atoms with Gasteiger partial charge in [-0.2, -0.15) is 4.37 Å². The molecule has 90 valence electrons. The van der Waals surface area contributed by atoms with E-state index in [1.807, 2.05) is 0 Å². The fourth-order valence-corrected chi connectivity index (χ4v) is 2.72. The summed E-state index contributed by atoms with van der Waals surface area (Å²) in [6.07, 6.45) is 1.45. The second-order valence-corrected chi connectivity index (χ2v) is 5.34. The number of aromatic nitrogens is 2. The van der Waals surface area contributed by atoms with Crippen LogP contribution < -0.4 is 5.73 Å². The fraction of sp³-hybridized carbons (Fsp3) is 0.200. The summed E-state index contributed by atoms with van der Waals surface area (Å²) in [5.74, 6) is -0.551. The molecule has 7 heteroatoms. The molecular weight excluding hydrogens is 264 g/mol. The first-order valence-corrected chi connectivity index (χ1v) is 6.52. The van der Waals surface area contributed by atoms with Gasteiger partial charge in [-0.05, 0) is 29.7 Å². The first-order chi connectivity index (χ1) is 8.16. The topological polar surface area (TPSA) is 51.8 Å². The van der Waals surface area contributed by atoms with Crippen molar-refractivity contribution < 1.29 is 8.78 Å². The van der Waals surface area contributed by atoms with Crippen molar-refractivity contribution in [2.45, 2.75) is 10.4 Å². The van der Waals surface area contributed by atoms with Gasteiger partial charge in [0.15, 0.2) is 4.34 Å². The van der Waals surface area contributed by atoms with Crippen LogP contribution in [-0.2, 0) is 0 Å². The minimum absolute atomic E-state index is 0.182. The van der Waals surface area contributed by atoms with Gasteiger partial charge in [-0.15, -0.1) is 0 Å². The largest absolute Gasteiger partial charge is 0.323 e. The first-order valence-electron chi connectivity index (χ1n) is 4.77. The molecule has 0 saturated heterocycles. The zero-order valence-electron chi connectivity index (χ0n) is 8.64. The second kappa shape index (κ2) is 5.52. The third-order valence-corrected chi connectivity index (χ3v) is 4.00. The number of rotatable bonds is 4. The van der Waals surface area contributed by atoms with E-state index in [0.717, 1.165) is 22.5 Å². The Labute approximate surface area is 105 Å². The van der Waals surface area contributed by atoms with Crippen LogP contribution in [0.15, 0.2) is 28.9 Å². The van der Waals surface area contributed by atoms with E-state index in [1.54, 1.807) is 0 Å². The lowest BCUT2D eigenvalue weighted by Crippen LogP contribution is -2.15. The van der Waals surface area contributed by atoms with Crippen LogP contribution in [0.2, 0.25) is 0 Å². The van der Waals surface area contributed by atoms with Crippen LogP contribution >= 0.6 is 23.3 Å². The molecule has 3 nitrogen and oxygen atoms in total. The Morgan fingerprint density at radius 3 is 2.94 bits per heavy atom. The molecule has 0 aliphatic rings. The first kappa shape index (κ1) is 12.4. The van der Waals surface area contributed by atoms with Crippen LogP contribution in [0.5, 0.6) is 0 Å². The van der Waals surface area contributed by atoms with Gasteiger partial charge in [0.25, 0.3) is 0 Å². The molecule has 17 heavy (non-hydrogen) atoms. The molecule has 1 aromatic heterocycles. The van der Waals surface area contributed by atoms with Crippen LogP contribution in [0.25, 0.3) is 0 Å². The summed E-state index contributed by atoms with van der Waals surface area (Å²) in [6.45, 7) is 0. The minimum atomic E-state index is -0.570. The molecular formula is C10H9F2N3S2. The summed E-state index contributed by atoms with van der Waals surface area (Å²) >= 11 is 2.62. The zero-order chi connectivity index (χ0) is 12.3. The molecule has 0 saturated carbocycles. The predicted octanol–water partition coefficient (Wildman–Crippen LogP) is 2.61. The van der Waals surface area contributed by atoms with Gasteiger partial charge in [-0.3, -0.25) is 0 Å². The summed E-state index contributed by atoms with van der Waals surface area (Å²) in [4.78, 5) is 3.97. The minimum Gasteiger partial charge on any atom is -0.323 e. The molecule has 0 aliphatic carbocycles. The van der Waals surface area contributed by atoms with Crippen LogP contribution in [0.3, 0.4) is 0 Å². The second-order valence-electron chi connectivity index (χ2n) is 3.29. The molecule has 0 aliphatic heterocycles. The molecule has 0 amide bonds. The van der Waals surface area contributed by atoms with E-state index < -0.39 is 17.7 Å². The molecule has 0 radical (unpaired) electrons. The van der Waals surface area contributed by atoms with Crippen molar-refractivity contribution in [3.63, 3.8) is 0 Å². The van der Waals surface area contributed by atoms with E-state index in [9.17, 15) is 8.78 Å². The predicted molar refractivity (Wildman–Crippen MR) is 63.9 cm³/mol. The van der Waals surface area contributed by atoms with Gasteiger partial charge in [0.2, 0.25) is 0 Å². The Balaban J connectivity index is 2.04. The number of hydrogen-bond acceptors (Lipinski definition) is 5. The lowest BCUT2D eigenvalue weighted by atomic mass is 10.1. The maximum Gasteiger partial charge on any atom is 0.169 e. The molecule has 1 atom stereocenters. The molecule has 2 N–H and O–H groups in total. The Morgan fingerprint density at radius 1 is 1.41 bits per heavy atom. The number of nitrogens with zero attached hydrogens (tertiary/aromatic N) is 2. The molecule has 1 unspecified atom stereocenters. The highest BCUT2D eigenvalue weighted by molar-refractivity contribution is 8.00. The van der Waals surface area contributed by atoms with Gasteiger partial charge in [-0.25, -0.2) is 13.8 Å². The van der Waals surface area contributed by atoms with E-state index in [4.69, 9.17) is 5.73 Å². The van der Waals surface area contributed by atoms with E-state index in [1.165, 1.54) is 29.6 Å². The molecule has 2 rings (SSSR count). The van der Waals surface area contributed by atoms with Crippen LogP contribution in [0.1, 0.15) is 11.6 Å². The van der Waals surface area contributed by atoms with Crippen molar-refractivity contribution in [3.05, 3.63) is 41.7 Å². The molecule has 1 aromatic carbocycles. The van der Waals surface area contributed by atoms with E-state index in [2.05, 4.69) is 9.36 Å². The highest BCUT2D eigenvalue weighted by Gasteiger charge is 2.13. The third kappa shape index (κ3) is 3.21. The maximum absolute atomic E-state index is 13.4. The van der Waals surface area contributed by atoms with Crippen molar-refractivity contribution >= 4 is 23.3 Å². The lowest BCUT2D eigenvalue weighted by Gasteiger charge is -2.11. The lowest BCUT2D eigenvalue weighted by molar-refractivity contribution is 0.573. The zero-order valence-corrected chi connectivity index (χ0v) is 10.3. The number of nitrogens with two attached hydrogens (primary N) is 1. The highest BCUT2D eigenvalue weighted by Crippen LogP contribution is 2.25. The van der Waals surface area contributed by atoms with Gasteiger partial charge in [0, 0.05) is 17.4 Å². The van der Waals surface area contributed by atoms with Crippen molar-refractivity contribution in [3.8, 4) is 0 Å². The summed E-state index contributed by atoms with van der Waals surface area (Å²) in [7, 11) is 0. The van der Waals surface area contributed by atoms with Gasteiger partial charge < -0.3 is 5.73 Å². The molecule has 1 heterocycles. The number of halogens is 2. The van der Waals surface area contributed by atoms with Crippen molar-refractivity contribution in [1.82, 2.24) is 9.36 Å². The Bertz CT molecular complexity index is 490. The quantitative estimate of drug-likeness (QED) is 0.870. The van der Waals surface area contributed by atoms with Gasteiger partial charge in [-0.1, -0.05) is 11.8 Å². The summed E-state index contributed by atoms with van der Waals surface area (Å²) in [5.41, 5.74) is 5.99. The average molecular weight is 273 g/mol.